The Morgan fingerprint density at radius 2 is 1.76 bits per heavy atom. The fourth-order valence-corrected chi connectivity index (χ4v) is 1.60. The lowest BCUT2D eigenvalue weighted by molar-refractivity contribution is -0.274. The molecule has 1 heterocycles. The van der Waals surface area contributed by atoms with Crippen molar-refractivity contribution in [3.05, 3.63) is 42.6 Å². The number of aromatic nitrogens is 1. The van der Waals surface area contributed by atoms with Gasteiger partial charge in [-0.05, 0) is 18.2 Å². The van der Waals surface area contributed by atoms with Crippen molar-refractivity contribution in [1.82, 2.24) is 4.98 Å². The van der Waals surface area contributed by atoms with Crippen LogP contribution in [0.4, 0.5) is 22.0 Å². The first-order chi connectivity index (χ1) is 9.83. The van der Waals surface area contributed by atoms with Crippen LogP contribution in [0.25, 0.3) is 11.3 Å². The van der Waals surface area contributed by atoms with E-state index < -0.39 is 18.7 Å². The lowest BCUT2D eigenvalue weighted by atomic mass is 10.1. The van der Waals surface area contributed by atoms with Crippen molar-refractivity contribution >= 4 is 0 Å². The summed E-state index contributed by atoms with van der Waals surface area (Å²) in [7, 11) is 0. The van der Waals surface area contributed by atoms with E-state index in [0.29, 0.717) is 0 Å². The van der Waals surface area contributed by atoms with Crippen LogP contribution < -0.4 is 9.47 Å². The second kappa shape index (κ2) is 5.94. The van der Waals surface area contributed by atoms with Crippen molar-refractivity contribution in [1.29, 1.82) is 0 Å². The van der Waals surface area contributed by atoms with E-state index in [2.05, 4.69) is 14.5 Å². The Bertz CT molecular complexity index is 616. The van der Waals surface area contributed by atoms with E-state index in [1.165, 1.54) is 30.5 Å². The molecule has 1 aromatic heterocycles. The third-order valence-electron chi connectivity index (χ3n) is 2.32. The molecule has 2 rings (SSSR count). The highest BCUT2D eigenvalue weighted by atomic mass is 19.4. The standard InChI is InChI=1S/C13H8F5NO2/c14-12(15)20-9-4-5-19-11(7-9)8-2-1-3-10(6-8)21-13(16,17)18/h1-7,12H. The number of rotatable bonds is 4. The number of pyridine rings is 1. The predicted octanol–water partition coefficient (Wildman–Crippen LogP) is 4.25. The second-order valence-electron chi connectivity index (χ2n) is 3.83. The van der Waals surface area contributed by atoms with Gasteiger partial charge in [0.1, 0.15) is 11.5 Å². The molecular formula is C13H8F5NO2. The van der Waals surface area contributed by atoms with Crippen LogP contribution in [0, 0.1) is 0 Å². The summed E-state index contributed by atoms with van der Waals surface area (Å²) in [5, 5.41) is 0. The summed E-state index contributed by atoms with van der Waals surface area (Å²) in [6.45, 7) is -3.00. The van der Waals surface area contributed by atoms with Gasteiger partial charge < -0.3 is 9.47 Å². The van der Waals surface area contributed by atoms with Gasteiger partial charge in [-0.15, -0.1) is 13.2 Å². The molecule has 0 aliphatic carbocycles. The molecule has 0 amide bonds. The fourth-order valence-electron chi connectivity index (χ4n) is 1.60. The first kappa shape index (κ1) is 15.0. The molecule has 0 aliphatic rings. The monoisotopic (exact) mass is 305 g/mol. The zero-order valence-corrected chi connectivity index (χ0v) is 10.3. The Morgan fingerprint density at radius 1 is 1.00 bits per heavy atom. The Labute approximate surface area is 115 Å². The van der Waals surface area contributed by atoms with Crippen molar-refractivity contribution in [3.63, 3.8) is 0 Å². The van der Waals surface area contributed by atoms with Crippen molar-refractivity contribution in [2.24, 2.45) is 0 Å². The highest BCUT2D eigenvalue weighted by Gasteiger charge is 2.31. The van der Waals surface area contributed by atoms with E-state index in [9.17, 15) is 22.0 Å². The number of nitrogens with zero attached hydrogens (tertiary/aromatic N) is 1. The van der Waals surface area contributed by atoms with Gasteiger partial charge >= 0.3 is 13.0 Å². The molecule has 0 radical (unpaired) electrons. The summed E-state index contributed by atoms with van der Waals surface area (Å²) < 4.78 is 68.6. The molecule has 0 atom stereocenters. The van der Waals surface area contributed by atoms with E-state index in [-0.39, 0.29) is 17.0 Å². The zero-order chi connectivity index (χ0) is 15.5. The highest BCUT2D eigenvalue weighted by Crippen LogP contribution is 2.28. The average molecular weight is 305 g/mol. The topological polar surface area (TPSA) is 31.4 Å². The maximum absolute atomic E-state index is 12.1. The first-order valence-corrected chi connectivity index (χ1v) is 5.60. The summed E-state index contributed by atoms with van der Waals surface area (Å²) in [5.41, 5.74) is 0.456. The molecule has 0 unspecified atom stereocenters. The maximum Gasteiger partial charge on any atom is 0.573 e. The number of hydrogen-bond donors (Lipinski definition) is 0. The number of hydrogen-bond acceptors (Lipinski definition) is 3. The maximum atomic E-state index is 12.1. The molecule has 0 saturated heterocycles. The van der Waals surface area contributed by atoms with Crippen LogP contribution in [-0.2, 0) is 0 Å². The van der Waals surface area contributed by atoms with E-state index >= 15 is 0 Å². The predicted molar refractivity (Wildman–Crippen MR) is 63.0 cm³/mol. The minimum absolute atomic E-state index is 0.142. The van der Waals surface area contributed by atoms with Crippen LogP contribution in [-0.4, -0.2) is 18.0 Å². The van der Waals surface area contributed by atoms with Gasteiger partial charge in [0, 0.05) is 17.8 Å². The molecule has 21 heavy (non-hydrogen) atoms. The molecule has 0 saturated carbocycles. The minimum Gasteiger partial charge on any atom is -0.435 e. The summed E-state index contributed by atoms with van der Waals surface area (Å²) >= 11 is 0. The van der Waals surface area contributed by atoms with Crippen LogP contribution in [0.15, 0.2) is 42.6 Å². The zero-order valence-electron chi connectivity index (χ0n) is 10.3. The molecule has 1 aromatic carbocycles. The number of alkyl halides is 5. The van der Waals surface area contributed by atoms with Crippen molar-refractivity contribution in [3.8, 4) is 22.8 Å². The van der Waals surface area contributed by atoms with Gasteiger partial charge in [-0.3, -0.25) is 4.98 Å². The molecule has 0 aliphatic heterocycles. The SMILES string of the molecule is FC(F)Oc1ccnc(-c2cccc(OC(F)(F)F)c2)c1. The van der Waals surface area contributed by atoms with Crippen molar-refractivity contribution in [2.45, 2.75) is 13.0 Å². The van der Waals surface area contributed by atoms with Crippen LogP contribution in [0.5, 0.6) is 11.5 Å². The lowest BCUT2D eigenvalue weighted by Crippen LogP contribution is -2.17. The van der Waals surface area contributed by atoms with Gasteiger partial charge in [-0.2, -0.15) is 8.78 Å². The third-order valence-corrected chi connectivity index (χ3v) is 2.32. The molecule has 0 N–H and O–H groups in total. The largest absolute Gasteiger partial charge is 0.573 e. The smallest absolute Gasteiger partial charge is 0.435 e. The number of ether oxygens (including phenoxy) is 2. The summed E-state index contributed by atoms with van der Waals surface area (Å²) in [6, 6.07) is 7.43. The molecule has 0 fully saturated rings. The van der Waals surface area contributed by atoms with E-state index in [0.717, 1.165) is 12.1 Å². The summed E-state index contributed by atoms with van der Waals surface area (Å²) in [4.78, 5) is 3.89. The molecule has 2 aromatic rings. The molecule has 8 heteroatoms. The van der Waals surface area contributed by atoms with Crippen LogP contribution in [0.1, 0.15) is 0 Å². The third kappa shape index (κ3) is 4.59. The number of benzene rings is 1. The van der Waals surface area contributed by atoms with Gasteiger partial charge in [0.05, 0.1) is 5.69 Å². The normalized spacial score (nSPS) is 11.5. The Balaban J connectivity index is 2.27. The lowest BCUT2D eigenvalue weighted by Gasteiger charge is -2.10. The number of halogens is 5. The van der Waals surface area contributed by atoms with Crippen LogP contribution >= 0.6 is 0 Å². The second-order valence-corrected chi connectivity index (χ2v) is 3.83. The molecule has 0 bridgehead atoms. The van der Waals surface area contributed by atoms with Crippen LogP contribution in [0.3, 0.4) is 0 Å². The Hall–Kier alpha value is -2.38. The minimum atomic E-state index is -4.81. The molecule has 0 spiro atoms. The fraction of sp³-hybridized carbons (Fsp3) is 0.154. The summed E-state index contributed by atoms with van der Waals surface area (Å²) in [6.07, 6.45) is -3.60. The van der Waals surface area contributed by atoms with Gasteiger partial charge in [-0.1, -0.05) is 12.1 Å². The molecule has 112 valence electrons. The van der Waals surface area contributed by atoms with E-state index in [1.807, 2.05) is 0 Å². The summed E-state index contributed by atoms with van der Waals surface area (Å²) in [5.74, 6) is -0.570. The van der Waals surface area contributed by atoms with Crippen LogP contribution in [0.2, 0.25) is 0 Å². The quantitative estimate of drug-likeness (QED) is 0.791. The molecule has 3 nitrogen and oxygen atoms in total. The average Bonchev–Trinajstić information content (AvgIpc) is 2.36. The Morgan fingerprint density at radius 3 is 2.43 bits per heavy atom. The van der Waals surface area contributed by atoms with Gasteiger partial charge in [0.25, 0.3) is 0 Å². The first-order valence-electron chi connectivity index (χ1n) is 5.60. The van der Waals surface area contributed by atoms with Gasteiger partial charge in [0.2, 0.25) is 0 Å². The highest BCUT2D eigenvalue weighted by molar-refractivity contribution is 5.62. The molecular weight excluding hydrogens is 297 g/mol. The van der Waals surface area contributed by atoms with E-state index in [1.54, 1.807) is 0 Å². The van der Waals surface area contributed by atoms with Gasteiger partial charge in [-0.25, -0.2) is 0 Å². The van der Waals surface area contributed by atoms with Crippen molar-refractivity contribution < 1.29 is 31.4 Å². The Kier molecular flexibility index (Phi) is 4.25. The van der Waals surface area contributed by atoms with E-state index in [4.69, 9.17) is 0 Å². The van der Waals surface area contributed by atoms with Crippen molar-refractivity contribution in [2.75, 3.05) is 0 Å². The van der Waals surface area contributed by atoms with Gasteiger partial charge in [0.15, 0.2) is 0 Å².